The molecular formula is C24H19ClN2O2. The van der Waals surface area contributed by atoms with Crippen LogP contribution in [0.15, 0.2) is 78.9 Å². The van der Waals surface area contributed by atoms with Gasteiger partial charge in [-0.25, -0.2) is 4.98 Å². The first kappa shape index (κ1) is 19.0. The van der Waals surface area contributed by atoms with Gasteiger partial charge in [0.1, 0.15) is 5.75 Å². The molecule has 4 rings (SSSR count). The Morgan fingerprint density at radius 2 is 1.79 bits per heavy atom. The first-order valence-electron chi connectivity index (χ1n) is 9.21. The Hall–Kier alpha value is -3.37. The number of rotatable bonds is 5. The molecule has 0 saturated carbocycles. The molecule has 3 aromatic carbocycles. The van der Waals surface area contributed by atoms with Crippen molar-refractivity contribution in [1.29, 1.82) is 0 Å². The Morgan fingerprint density at radius 3 is 2.55 bits per heavy atom. The third kappa shape index (κ3) is 4.23. The first-order valence-corrected chi connectivity index (χ1v) is 9.59. The predicted octanol–water partition coefficient (Wildman–Crippen LogP) is 5.49. The lowest BCUT2D eigenvalue weighted by Gasteiger charge is -2.11. The summed E-state index contributed by atoms with van der Waals surface area (Å²) in [5.41, 5.74) is 3.96. The van der Waals surface area contributed by atoms with Crippen molar-refractivity contribution in [2.45, 2.75) is 6.54 Å². The van der Waals surface area contributed by atoms with Crippen molar-refractivity contribution in [3.63, 3.8) is 0 Å². The SMILES string of the molecule is COc1ccc(-c2cc(C(=O)NCc3cccc(Cl)c3)c3ccccc3n2)cc1. The standard InChI is InChI=1S/C24H19ClN2O2/c1-29-19-11-9-17(10-12-19)23-14-21(20-7-2-3-8-22(20)27-23)24(28)26-15-16-5-4-6-18(25)13-16/h2-14H,15H2,1H3,(H,26,28). The van der Waals surface area contributed by atoms with Crippen LogP contribution < -0.4 is 10.1 Å². The largest absolute Gasteiger partial charge is 0.497 e. The van der Waals surface area contributed by atoms with Crippen molar-refractivity contribution in [2.24, 2.45) is 0 Å². The fourth-order valence-corrected chi connectivity index (χ4v) is 3.41. The van der Waals surface area contributed by atoms with Gasteiger partial charge in [-0.15, -0.1) is 0 Å². The minimum absolute atomic E-state index is 0.154. The number of carbonyl (C=O) groups is 1. The van der Waals surface area contributed by atoms with Crippen LogP contribution in [0.2, 0.25) is 5.02 Å². The average molecular weight is 403 g/mol. The van der Waals surface area contributed by atoms with Crippen molar-refractivity contribution in [2.75, 3.05) is 7.11 Å². The summed E-state index contributed by atoms with van der Waals surface area (Å²) in [6.07, 6.45) is 0. The molecule has 0 unspecified atom stereocenters. The van der Waals surface area contributed by atoms with Crippen LogP contribution in [-0.4, -0.2) is 18.0 Å². The van der Waals surface area contributed by atoms with E-state index in [0.29, 0.717) is 17.1 Å². The summed E-state index contributed by atoms with van der Waals surface area (Å²) in [5, 5.41) is 4.45. The van der Waals surface area contributed by atoms with Crippen molar-refractivity contribution >= 4 is 28.4 Å². The number of hydrogen-bond donors (Lipinski definition) is 1. The molecule has 0 atom stereocenters. The predicted molar refractivity (Wildman–Crippen MR) is 116 cm³/mol. The van der Waals surface area contributed by atoms with E-state index < -0.39 is 0 Å². The quantitative estimate of drug-likeness (QED) is 0.480. The van der Waals surface area contributed by atoms with Crippen LogP contribution in [0.3, 0.4) is 0 Å². The number of amides is 1. The van der Waals surface area contributed by atoms with Crippen molar-refractivity contribution in [1.82, 2.24) is 10.3 Å². The second-order valence-electron chi connectivity index (χ2n) is 6.61. The molecule has 1 N–H and O–H groups in total. The van der Waals surface area contributed by atoms with Gasteiger partial charge in [0.05, 0.1) is 23.9 Å². The molecule has 0 aliphatic rings. The lowest BCUT2D eigenvalue weighted by atomic mass is 10.0. The monoisotopic (exact) mass is 402 g/mol. The number of para-hydroxylation sites is 1. The van der Waals surface area contributed by atoms with E-state index in [9.17, 15) is 4.79 Å². The summed E-state index contributed by atoms with van der Waals surface area (Å²) in [7, 11) is 1.63. The maximum Gasteiger partial charge on any atom is 0.252 e. The van der Waals surface area contributed by atoms with Gasteiger partial charge < -0.3 is 10.1 Å². The van der Waals surface area contributed by atoms with E-state index in [2.05, 4.69) is 5.32 Å². The van der Waals surface area contributed by atoms with E-state index in [0.717, 1.165) is 33.5 Å². The highest BCUT2D eigenvalue weighted by molar-refractivity contribution is 6.30. The number of fused-ring (bicyclic) bond motifs is 1. The van der Waals surface area contributed by atoms with Crippen LogP contribution in [0.25, 0.3) is 22.2 Å². The van der Waals surface area contributed by atoms with Crippen molar-refractivity contribution < 1.29 is 9.53 Å². The van der Waals surface area contributed by atoms with Gasteiger partial charge >= 0.3 is 0 Å². The van der Waals surface area contributed by atoms with Gasteiger partial charge in [-0.2, -0.15) is 0 Å². The minimum atomic E-state index is -0.154. The Bertz CT molecular complexity index is 1170. The number of halogens is 1. The van der Waals surface area contributed by atoms with E-state index in [1.807, 2.05) is 78.9 Å². The zero-order valence-electron chi connectivity index (χ0n) is 15.9. The molecule has 0 fully saturated rings. The fourth-order valence-electron chi connectivity index (χ4n) is 3.20. The smallest absolute Gasteiger partial charge is 0.252 e. The molecule has 1 heterocycles. The molecule has 0 radical (unpaired) electrons. The number of benzene rings is 3. The molecule has 0 saturated heterocycles. The normalized spacial score (nSPS) is 10.7. The van der Waals surface area contributed by atoms with Gasteiger partial charge in [-0.1, -0.05) is 41.9 Å². The van der Waals surface area contributed by atoms with Crippen LogP contribution in [0.5, 0.6) is 5.75 Å². The third-order valence-electron chi connectivity index (χ3n) is 4.69. The Balaban J connectivity index is 1.69. The molecule has 0 aliphatic heterocycles. The average Bonchev–Trinajstić information content (AvgIpc) is 2.77. The second-order valence-corrected chi connectivity index (χ2v) is 7.05. The van der Waals surface area contributed by atoms with Gasteiger partial charge in [-0.3, -0.25) is 4.79 Å². The highest BCUT2D eigenvalue weighted by Crippen LogP contribution is 2.26. The van der Waals surface area contributed by atoms with Crippen LogP contribution in [0.4, 0.5) is 0 Å². The Kier molecular flexibility index (Phi) is 5.45. The zero-order valence-corrected chi connectivity index (χ0v) is 16.6. The zero-order chi connectivity index (χ0) is 20.2. The molecule has 4 aromatic rings. The van der Waals surface area contributed by atoms with E-state index in [-0.39, 0.29) is 5.91 Å². The summed E-state index contributed by atoms with van der Waals surface area (Å²) in [6, 6.07) is 24.6. The molecule has 0 bridgehead atoms. The van der Waals surface area contributed by atoms with Gasteiger partial charge in [0.15, 0.2) is 0 Å². The summed E-state index contributed by atoms with van der Waals surface area (Å²) in [6.45, 7) is 0.397. The van der Waals surface area contributed by atoms with Crippen LogP contribution in [0, 0.1) is 0 Å². The molecular weight excluding hydrogens is 384 g/mol. The first-order chi connectivity index (χ1) is 14.1. The summed E-state index contributed by atoms with van der Waals surface area (Å²) >= 11 is 6.04. The number of carbonyl (C=O) groups excluding carboxylic acids is 1. The van der Waals surface area contributed by atoms with Crippen LogP contribution >= 0.6 is 11.6 Å². The highest BCUT2D eigenvalue weighted by atomic mass is 35.5. The third-order valence-corrected chi connectivity index (χ3v) is 4.92. The Labute approximate surface area is 174 Å². The summed E-state index contributed by atoms with van der Waals surface area (Å²) in [5.74, 6) is 0.618. The Morgan fingerprint density at radius 1 is 1.00 bits per heavy atom. The number of nitrogens with zero attached hydrogens (tertiary/aromatic N) is 1. The number of methoxy groups -OCH3 is 1. The topological polar surface area (TPSA) is 51.2 Å². The number of aromatic nitrogens is 1. The molecule has 0 spiro atoms. The maximum atomic E-state index is 13.0. The van der Waals surface area contributed by atoms with E-state index in [1.54, 1.807) is 7.11 Å². The fraction of sp³-hybridized carbons (Fsp3) is 0.0833. The highest BCUT2D eigenvalue weighted by Gasteiger charge is 2.14. The van der Waals surface area contributed by atoms with Gasteiger partial charge in [0, 0.05) is 22.5 Å². The van der Waals surface area contributed by atoms with E-state index in [1.165, 1.54) is 0 Å². The lowest BCUT2D eigenvalue weighted by molar-refractivity contribution is 0.0952. The minimum Gasteiger partial charge on any atom is -0.497 e. The van der Waals surface area contributed by atoms with E-state index >= 15 is 0 Å². The number of pyridine rings is 1. The molecule has 5 heteroatoms. The molecule has 1 amide bonds. The summed E-state index contributed by atoms with van der Waals surface area (Å²) < 4.78 is 5.23. The van der Waals surface area contributed by atoms with Crippen LogP contribution in [-0.2, 0) is 6.54 Å². The molecule has 1 aromatic heterocycles. The molecule has 144 valence electrons. The van der Waals surface area contributed by atoms with Gasteiger partial charge in [0.25, 0.3) is 5.91 Å². The number of hydrogen-bond acceptors (Lipinski definition) is 3. The number of ether oxygens (including phenoxy) is 1. The van der Waals surface area contributed by atoms with Gasteiger partial charge in [-0.05, 0) is 54.1 Å². The number of nitrogens with one attached hydrogen (secondary N) is 1. The van der Waals surface area contributed by atoms with Crippen molar-refractivity contribution in [3.05, 3.63) is 95.0 Å². The molecule has 29 heavy (non-hydrogen) atoms. The lowest BCUT2D eigenvalue weighted by Crippen LogP contribution is -2.23. The van der Waals surface area contributed by atoms with Crippen LogP contribution in [0.1, 0.15) is 15.9 Å². The van der Waals surface area contributed by atoms with E-state index in [4.69, 9.17) is 21.3 Å². The maximum absolute atomic E-state index is 13.0. The molecule has 0 aliphatic carbocycles. The second kappa shape index (κ2) is 8.33. The van der Waals surface area contributed by atoms with Crippen molar-refractivity contribution in [3.8, 4) is 17.0 Å². The summed E-state index contributed by atoms with van der Waals surface area (Å²) in [4.78, 5) is 17.7. The van der Waals surface area contributed by atoms with Gasteiger partial charge in [0.2, 0.25) is 0 Å². The molecule has 4 nitrogen and oxygen atoms in total.